The molecule has 2 atom stereocenters. The van der Waals surface area contributed by atoms with Crippen molar-refractivity contribution in [3.63, 3.8) is 0 Å². The van der Waals surface area contributed by atoms with Crippen LogP contribution in [0.25, 0.3) is 10.9 Å². The maximum Gasteiger partial charge on any atom is 0.261 e. The van der Waals surface area contributed by atoms with Gasteiger partial charge in [0.1, 0.15) is 6.54 Å². The molecule has 22 heavy (non-hydrogen) atoms. The third-order valence-corrected chi connectivity index (χ3v) is 3.80. The lowest BCUT2D eigenvalue weighted by molar-refractivity contribution is -0.138. The van der Waals surface area contributed by atoms with Gasteiger partial charge in [0.05, 0.1) is 29.4 Å². The lowest BCUT2D eigenvalue weighted by Crippen LogP contribution is -2.49. The van der Waals surface area contributed by atoms with Gasteiger partial charge in [-0.15, -0.1) is 0 Å². The van der Waals surface area contributed by atoms with Gasteiger partial charge < -0.3 is 15.1 Å². The second-order valence-corrected chi connectivity index (χ2v) is 5.54. The van der Waals surface area contributed by atoms with E-state index in [0.29, 0.717) is 10.9 Å². The van der Waals surface area contributed by atoms with Gasteiger partial charge in [-0.3, -0.25) is 14.2 Å². The maximum absolute atomic E-state index is 12.3. The molecule has 1 amide bonds. The molecule has 0 bridgehead atoms. The lowest BCUT2D eigenvalue weighted by Gasteiger charge is -2.33. The topological polar surface area (TPSA) is 95.7 Å². The highest BCUT2D eigenvalue weighted by Gasteiger charge is 2.27. The Morgan fingerprint density at radius 3 is 2.64 bits per heavy atom. The first kappa shape index (κ1) is 14.7. The van der Waals surface area contributed by atoms with Crippen LogP contribution in [0, 0.1) is 0 Å². The number of piperidine rings is 1. The average Bonchev–Trinajstić information content (AvgIpc) is 2.49. The first-order valence-corrected chi connectivity index (χ1v) is 7.12. The van der Waals surface area contributed by atoms with Crippen LogP contribution in [0.4, 0.5) is 0 Å². The van der Waals surface area contributed by atoms with E-state index in [1.807, 2.05) is 0 Å². The molecule has 1 aliphatic rings. The molecule has 7 heteroatoms. The zero-order valence-corrected chi connectivity index (χ0v) is 11.9. The summed E-state index contributed by atoms with van der Waals surface area (Å²) in [6.07, 6.45) is 0.138. The fourth-order valence-corrected chi connectivity index (χ4v) is 2.71. The summed E-state index contributed by atoms with van der Waals surface area (Å²) in [4.78, 5) is 30.1. The molecule has 0 unspecified atom stereocenters. The van der Waals surface area contributed by atoms with Crippen LogP contribution in [0.1, 0.15) is 6.42 Å². The summed E-state index contributed by atoms with van der Waals surface area (Å²) in [5.74, 6) is -0.322. The largest absolute Gasteiger partial charge is 0.391 e. The van der Waals surface area contributed by atoms with Crippen molar-refractivity contribution in [1.29, 1.82) is 0 Å². The van der Waals surface area contributed by atoms with Crippen LogP contribution in [0.15, 0.2) is 35.4 Å². The van der Waals surface area contributed by atoms with Gasteiger partial charge in [0.25, 0.3) is 5.56 Å². The normalized spacial score (nSPS) is 22.0. The molecule has 0 spiro atoms. The van der Waals surface area contributed by atoms with Crippen molar-refractivity contribution < 1.29 is 15.0 Å². The molecule has 0 aliphatic carbocycles. The number of benzene rings is 1. The van der Waals surface area contributed by atoms with Crippen LogP contribution in [0.5, 0.6) is 0 Å². The van der Waals surface area contributed by atoms with E-state index >= 15 is 0 Å². The minimum Gasteiger partial charge on any atom is -0.391 e. The van der Waals surface area contributed by atoms with E-state index in [4.69, 9.17) is 0 Å². The average molecular weight is 303 g/mol. The number of β-amino-alcohol motifs (C(OH)–C–C–N with tert-alkyl or cyclic N) is 2. The Bertz CT molecular complexity index is 748. The van der Waals surface area contributed by atoms with E-state index in [1.165, 1.54) is 15.8 Å². The van der Waals surface area contributed by atoms with E-state index in [1.54, 1.807) is 24.3 Å². The summed E-state index contributed by atoms with van der Waals surface area (Å²) in [5, 5.41) is 19.7. The number of hydrogen-bond donors (Lipinski definition) is 2. The first-order valence-electron chi connectivity index (χ1n) is 7.12. The van der Waals surface area contributed by atoms with Crippen molar-refractivity contribution in [3.05, 3.63) is 40.9 Å². The van der Waals surface area contributed by atoms with Crippen molar-refractivity contribution in [2.75, 3.05) is 13.1 Å². The monoisotopic (exact) mass is 303 g/mol. The third kappa shape index (κ3) is 2.86. The van der Waals surface area contributed by atoms with Crippen LogP contribution in [-0.4, -0.2) is 55.9 Å². The van der Waals surface area contributed by atoms with Crippen LogP contribution in [-0.2, 0) is 11.3 Å². The Hall–Kier alpha value is -2.25. The number of fused-ring (bicyclic) bond motifs is 1. The van der Waals surface area contributed by atoms with E-state index < -0.39 is 12.2 Å². The van der Waals surface area contributed by atoms with Crippen LogP contribution in [0.3, 0.4) is 0 Å². The highest BCUT2D eigenvalue weighted by molar-refractivity contribution is 5.79. The number of rotatable bonds is 2. The van der Waals surface area contributed by atoms with Gasteiger partial charge in [-0.25, -0.2) is 4.98 Å². The summed E-state index contributed by atoms with van der Waals surface area (Å²) < 4.78 is 1.25. The molecule has 1 saturated heterocycles. The van der Waals surface area contributed by atoms with Crippen LogP contribution >= 0.6 is 0 Å². The summed E-state index contributed by atoms with van der Waals surface area (Å²) in [6, 6.07) is 6.94. The number of nitrogens with zero attached hydrogens (tertiary/aromatic N) is 3. The molecule has 0 radical (unpaired) electrons. The van der Waals surface area contributed by atoms with E-state index in [0.717, 1.165) is 0 Å². The quantitative estimate of drug-likeness (QED) is 0.769. The fourth-order valence-electron chi connectivity index (χ4n) is 2.71. The number of hydrogen-bond acceptors (Lipinski definition) is 5. The van der Waals surface area contributed by atoms with Crippen LogP contribution in [0.2, 0.25) is 0 Å². The fraction of sp³-hybridized carbons (Fsp3) is 0.400. The second kappa shape index (κ2) is 5.86. The van der Waals surface area contributed by atoms with Gasteiger partial charge in [0.15, 0.2) is 0 Å². The van der Waals surface area contributed by atoms with Crippen molar-refractivity contribution >= 4 is 16.8 Å². The minimum absolute atomic E-state index is 0.157. The Morgan fingerprint density at radius 1 is 1.23 bits per heavy atom. The Kier molecular flexibility index (Phi) is 3.91. The van der Waals surface area contributed by atoms with Crippen molar-refractivity contribution in [1.82, 2.24) is 14.5 Å². The number of para-hydroxylation sites is 1. The number of carbonyl (C=O) groups is 1. The van der Waals surface area contributed by atoms with Crippen LogP contribution < -0.4 is 5.56 Å². The zero-order valence-electron chi connectivity index (χ0n) is 11.9. The van der Waals surface area contributed by atoms with Gasteiger partial charge >= 0.3 is 0 Å². The Labute approximate surface area is 126 Å². The smallest absolute Gasteiger partial charge is 0.261 e. The van der Waals surface area contributed by atoms with Crippen molar-refractivity contribution in [2.45, 2.75) is 25.2 Å². The molecule has 3 rings (SSSR count). The van der Waals surface area contributed by atoms with Crippen molar-refractivity contribution in [3.8, 4) is 0 Å². The zero-order chi connectivity index (χ0) is 15.7. The summed E-state index contributed by atoms with van der Waals surface area (Å²) in [7, 11) is 0. The van der Waals surface area contributed by atoms with Gasteiger partial charge in [-0.2, -0.15) is 0 Å². The number of amides is 1. The second-order valence-electron chi connectivity index (χ2n) is 5.54. The molecule has 1 fully saturated rings. The summed E-state index contributed by atoms with van der Waals surface area (Å²) in [6.45, 7) is 0.188. The van der Waals surface area contributed by atoms with E-state index in [2.05, 4.69) is 4.98 Å². The number of likely N-dealkylation sites (tertiary alicyclic amines) is 1. The Balaban J connectivity index is 1.82. The van der Waals surface area contributed by atoms with E-state index in [9.17, 15) is 19.8 Å². The molecule has 116 valence electrons. The number of aliphatic hydroxyl groups excluding tert-OH is 2. The summed E-state index contributed by atoms with van der Waals surface area (Å²) in [5.41, 5.74) is 0.303. The van der Waals surface area contributed by atoms with Crippen molar-refractivity contribution in [2.24, 2.45) is 0 Å². The molecular formula is C15H17N3O4. The SMILES string of the molecule is O=C(Cn1cnc2ccccc2c1=O)N1C[C@H](O)C[C@@H](O)C1. The molecular weight excluding hydrogens is 286 g/mol. The van der Waals surface area contributed by atoms with Gasteiger partial charge in [-0.05, 0) is 12.1 Å². The highest BCUT2D eigenvalue weighted by Crippen LogP contribution is 2.11. The molecule has 1 aliphatic heterocycles. The standard InChI is InChI=1S/C15H17N3O4/c19-10-5-11(20)7-17(6-10)14(21)8-18-9-16-13-4-2-1-3-12(13)15(18)22/h1-4,9-11,19-20H,5-8H2/t10-,11-/m1/s1. The maximum atomic E-state index is 12.3. The van der Waals surface area contributed by atoms with Gasteiger partial charge in [-0.1, -0.05) is 12.1 Å². The molecule has 2 aromatic rings. The third-order valence-electron chi connectivity index (χ3n) is 3.80. The number of carbonyl (C=O) groups excluding carboxylic acids is 1. The predicted molar refractivity (Wildman–Crippen MR) is 79.2 cm³/mol. The lowest BCUT2D eigenvalue weighted by atomic mass is 10.1. The molecule has 7 nitrogen and oxygen atoms in total. The molecule has 1 aromatic heterocycles. The molecule has 0 saturated carbocycles. The molecule has 2 N–H and O–H groups in total. The summed E-state index contributed by atoms with van der Waals surface area (Å²) >= 11 is 0. The first-order chi connectivity index (χ1) is 10.5. The van der Waals surface area contributed by atoms with E-state index in [-0.39, 0.29) is 37.5 Å². The predicted octanol–water partition coefficient (Wildman–Crippen LogP) is -0.649. The number of aromatic nitrogens is 2. The molecule has 1 aromatic carbocycles. The molecule has 2 heterocycles. The number of aliphatic hydroxyl groups is 2. The highest BCUT2D eigenvalue weighted by atomic mass is 16.3. The minimum atomic E-state index is -0.737. The Morgan fingerprint density at radius 2 is 1.91 bits per heavy atom. The van der Waals surface area contributed by atoms with Gasteiger partial charge in [0.2, 0.25) is 5.91 Å². The van der Waals surface area contributed by atoms with Gasteiger partial charge in [0, 0.05) is 19.5 Å².